The SMILES string of the molecule is Cc1ccc(CCC2CCCCC2)c2c1C(O)=C1C(=O)[C@]3(O)C(O)=C(C(N)=O)C(=O)C[C@@H]3C[C@@H]1C2. The molecule has 7 nitrogen and oxygen atoms in total. The number of benzene rings is 1. The summed E-state index contributed by atoms with van der Waals surface area (Å²) in [5.74, 6) is -4.41. The standard InChI is InChI=1S/C28H33NO6/c1-14-7-9-16(10-8-15-5-3-2-4-6-15)19-12-17-11-18-13-20(30)23(27(29)34)26(33)28(18,35)25(32)22(17)24(31)21(14)19/h7,9,15,17-18,31,33,35H,2-6,8,10-13H2,1H3,(H2,29,34)/t17-,18+,28+/m1/s1. The highest BCUT2D eigenvalue weighted by atomic mass is 16.3. The summed E-state index contributed by atoms with van der Waals surface area (Å²) in [6.45, 7) is 1.88. The lowest BCUT2D eigenvalue weighted by molar-refractivity contribution is -0.147. The molecule has 3 atom stereocenters. The Morgan fingerprint density at radius 1 is 1.11 bits per heavy atom. The maximum Gasteiger partial charge on any atom is 0.255 e. The van der Waals surface area contributed by atoms with Crippen LogP contribution in [0.5, 0.6) is 0 Å². The van der Waals surface area contributed by atoms with Crippen molar-refractivity contribution >= 4 is 23.2 Å². The molecule has 0 spiro atoms. The lowest BCUT2D eigenvalue weighted by Gasteiger charge is -2.46. The number of carbonyl (C=O) groups is 3. The molecule has 1 aromatic carbocycles. The number of aliphatic hydroxyl groups is 3. The molecule has 0 saturated heterocycles. The van der Waals surface area contributed by atoms with Gasteiger partial charge in [-0.1, -0.05) is 44.2 Å². The second kappa shape index (κ2) is 8.63. The van der Waals surface area contributed by atoms with Crippen LogP contribution in [0.3, 0.4) is 0 Å². The van der Waals surface area contributed by atoms with Crippen LogP contribution < -0.4 is 5.73 Å². The van der Waals surface area contributed by atoms with E-state index in [2.05, 4.69) is 6.07 Å². The number of rotatable bonds is 4. The van der Waals surface area contributed by atoms with E-state index in [1.165, 1.54) is 37.7 Å². The van der Waals surface area contributed by atoms with Gasteiger partial charge in [0.15, 0.2) is 11.4 Å². The van der Waals surface area contributed by atoms with Gasteiger partial charge in [0.1, 0.15) is 17.1 Å². The number of nitrogens with two attached hydrogens (primary N) is 1. The Kier molecular flexibility index (Phi) is 5.86. The first-order valence-electron chi connectivity index (χ1n) is 12.7. The van der Waals surface area contributed by atoms with E-state index in [9.17, 15) is 29.7 Å². The molecule has 0 heterocycles. The van der Waals surface area contributed by atoms with Gasteiger partial charge in [-0.25, -0.2) is 0 Å². The molecular weight excluding hydrogens is 446 g/mol. The third-order valence-corrected chi connectivity index (χ3v) is 8.82. The molecule has 0 aromatic heterocycles. The van der Waals surface area contributed by atoms with Crippen molar-refractivity contribution in [2.45, 2.75) is 76.7 Å². The van der Waals surface area contributed by atoms with Gasteiger partial charge in [0.05, 0.1) is 0 Å². The fourth-order valence-corrected chi connectivity index (χ4v) is 6.95. The Morgan fingerprint density at radius 3 is 2.51 bits per heavy atom. The lowest BCUT2D eigenvalue weighted by atomic mass is 9.59. The number of carbonyl (C=O) groups excluding carboxylic acids is 3. The number of hydrogen-bond donors (Lipinski definition) is 4. The number of fused-ring (bicyclic) bond motifs is 3. The third-order valence-electron chi connectivity index (χ3n) is 8.82. The van der Waals surface area contributed by atoms with Crippen molar-refractivity contribution in [3.8, 4) is 0 Å². The normalized spacial score (nSPS) is 29.1. The predicted octanol–water partition coefficient (Wildman–Crippen LogP) is 3.54. The highest BCUT2D eigenvalue weighted by Crippen LogP contribution is 2.51. The Hall–Kier alpha value is -2.93. The molecule has 5 N–H and O–H groups in total. The van der Waals surface area contributed by atoms with Gasteiger partial charge >= 0.3 is 0 Å². The van der Waals surface area contributed by atoms with Crippen molar-refractivity contribution < 1.29 is 29.7 Å². The van der Waals surface area contributed by atoms with Crippen molar-refractivity contribution in [2.24, 2.45) is 23.5 Å². The molecule has 7 heteroatoms. The van der Waals surface area contributed by atoms with E-state index >= 15 is 0 Å². The molecule has 0 radical (unpaired) electrons. The summed E-state index contributed by atoms with van der Waals surface area (Å²) in [4.78, 5) is 37.9. The lowest BCUT2D eigenvalue weighted by Crippen LogP contribution is -2.58. The van der Waals surface area contributed by atoms with E-state index in [0.29, 0.717) is 12.0 Å². The average molecular weight is 480 g/mol. The summed E-state index contributed by atoms with van der Waals surface area (Å²) < 4.78 is 0. The smallest absolute Gasteiger partial charge is 0.255 e. The van der Waals surface area contributed by atoms with Crippen molar-refractivity contribution in [1.82, 2.24) is 0 Å². The average Bonchev–Trinajstić information content (AvgIpc) is 2.81. The van der Waals surface area contributed by atoms with Gasteiger partial charge in [-0.15, -0.1) is 0 Å². The van der Waals surface area contributed by atoms with Crippen LogP contribution in [-0.2, 0) is 27.2 Å². The molecule has 2 fully saturated rings. The van der Waals surface area contributed by atoms with Gasteiger partial charge < -0.3 is 21.1 Å². The number of ketones is 2. The maximum atomic E-state index is 13.6. The molecule has 0 bridgehead atoms. The second-order valence-corrected chi connectivity index (χ2v) is 10.8. The van der Waals surface area contributed by atoms with Crippen LogP contribution in [0.1, 0.15) is 73.6 Å². The molecule has 1 amide bonds. The van der Waals surface area contributed by atoms with Gasteiger partial charge in [-0.3, -0.25) is 14.4 Å². The van der Waals surface area contributed by atoms with Crippen LogP contribution in [0.25, 0.3) is 5.76 Å². The molecule has 1 aromatic rings. The quantitative estimate of drug-likeness (QED) is 0.487. The van der Waals surface area contributed by atoms with Crippen LogP contribution in [0.15, 0.2) is 29.0 Å². The molecule has 186 valence electrons. The molecule has 5 rings (SSSR count). The van der Waals surface area contributed by atoms with Gasteiger partial charge in [-0.05, 0) is 61.1 Å². The number of aryl methyl sites for hydroxylation is 2. The van der Waals surface area contributed by atoms with Crippen LogP contribution in [-0.4, -0.2) is 38.4 Å². The molecule has 0 aliphatic heterocycles. The molecule has 4 aliphatic rings. The fraction of sp³-hybridized carbons (Fsp3) is 0.536. The van der Waals surface area contributed by atoms with Gasteiger partial charge in [0, 0.05) is 23.5 Å². The first-order valence-corrected chi connectivity index (χ1v) is 12.7. The molecule has 0 unspecified atom stereocenters. The topological polar surface area (TPSA) is 138 Å². The zero-order valence-electron chi connectivity index (χ0n) is 20.1. The first kappa shape index (κ1) is 23.8. The van der Waals surface area contributed by atoms with Gasteiger partial charge in [0.25, 0.3) is 5.91 Å². The molecule has 4 aliphatic carbocycles. The van der Waals surface area contributed by atoms with Crippen LogP contribution in [0, 0.1) is 24.7 Å². The molecule has 35 heavy (non-hydrogen) atoms. The van der Waals surface area contributed by atoms with E-state index < -0.39 is 40.3 Å². The van der Waals surface area contributed by atoms with Crippen molar-refractivity contribution in [3.63, 3.8) is 0 Å². The van der Waals surface area contributed by atoms with Crippen molar-refractivity contribution in [1.29, 1.82) is 0 Å². The van der Waals surface area contributed by atoms with E-state index in [1.54, 1.807) is 0 Å². The highest BCUT2D eigenvalue weighted by Gasteiger charge is 2.60. The van der Waals surface area contributed by atoms with E-state index in [1.807, 2.05) is 13.0 Å². The minimum Gasteiger partial charge on any atom is -0.508 e. The Morgan fingerprint density at radius 2 is 1.83 bits per heavy atom. The Bertz CT molecular complexity index is 1190. The zero-order chi connectivity index (χ0) is 25.1. The number of aliphatic hydroxyl groups excluding tert-OH is 2. The summed E-state index contributed by atoms with van der Waals surface area (Å²) in [6, 6.07) is 4.08. The summed E-state index contributed by atoms with van der Waals surface area (Å²) in [5.41, 5.74) is 5.81. The van der Waals surface area contributed by atoms with E-state index in [-0.39, 0.29) is 30.1 Å². The minimum absolute atomic E-state index is 0.0634. The highest BCUT2D eigenvalue weighted by molar-refractivity contribution is 6.22. The largest absolute Gasteiger partial charge is 0.508 e. The van der Waals surface area contributed by atoms with Gasteiger partial charge in [-0.2, -0.15) is 0 Å². The van der Waals surface area contributed by atoms with Crippen molar-refractivity contribution in [2.75, 3.05) is 0 Å². The summed E-state index contributed by atoms with van der Waals surface area (Å²) >= 11 is 0. The number of hydrogen-bond acceptors (Lipinski definition) is 6. The van der Waals surface area contributed by atoms with Gasteiger partial charge in [0.2, 0.25) is 5.78 Å². The first-order chi connectivity index (χ1) is 16.6. The second-order valence-electron chi connectivity index (χ2n) is 10.8. The number of amides is 1. The Labute approximate surface area is 204 Å². The van der Waals surface area contributed by atoms with E-state index in [4.69, 9.17) is 5.73 Å². The zero-order valence-corrected chi connectivity index (χ0v) is 20.1. The number of Topliss-reactive ketones (excluding diaryl/α,β-unsaturated/α-hetero) is 2. The van der Waals surface area contributed by atoms with E-state index in [0.717, 1.165) is 29.9 Å². The monoisotopic (exact) mass is 479 g/mol. The fourth-order valence-electron chi connectivity index (χ4n) is 6.95. The summed E-state index contributed by atoms with van der Waals surface area (Å²) in [5, 5.41) is 33.4. The minimum atomic E-state index is -2.44. The van der Waals surface area contributed by atoms with Crippen LogP contribution in [0.4, 0.5) is 0 Å². The Balaban J connectivity index is 1.55. The summed E-state index contributed by atoms with van der Waals surface area (Å²) in [6.07, 6.45) is 8.92. The molecular formula is C28H33NO6. The third kappa shape index (κ3) is 3.63. The molecule has 2 saturated carbocycles. The summed E-state index contributed by atoms with van der Waals surface area (Å²) in [7, 11) is 0. The number of primary amides is 1. The van der Waals surface area contributed by atoms with Crippen LogP contribution in [0.2, 0.25) is 0 Å². The predicted molar refractivity (Wildman–Crippen MR) is 129 cm³/mol. The van der Waals surface area contributed by atoms with Crippen LogP contribution >= 0.6 is 0 Å². The van der Waals surface area contributed by atoms with Crippen molar-refractivity contribution in [3.05, 3.63) is 51.3 Å². The maximum absolute atomic E-state index is 13.6.